The molecular weight excluding hydrogens is 238 g/mol. The fraction of sp³-hybridized carbons (Fsp3) is 0.455. The second-order valence-corrected chi connectivity index (χ2v) is 3.85. The number of aliphatic carboxylic acids is 1. The Bertz CT molecular complexity index is 457. The fourth-order valence-electron chi connectivity index (χ4n) is 1.65. The van der Waals surface area contributed by atoms with E-state index in [0.29, 0.717) is 12.8 Å². The van der Waals surface area contributed by atoms with Crippen LogP contribution in [0, 0.1) is 10.1 Å². The lowest BCUT2D eigenvalue weighted by molar-refractivity contribution is -0.384. The van der Waals surface area contributed by atoms with Crippen molar-refractivity contribution < 1.29 is 14.8 Å². The number of carboxylic acids is 1. The highest BCUT2D eigenvalue weighted by molar-refractivity contribution is 5.83. The van der Waals surface area contributed by atoms with Crippen molar-refractivity contribution in [2.45, 2.75) is 32.2 Å². The summed E-state index contributed by atoms with van der Waals surface area (Å²) >= 11 is 0. The minimum absolute atomic E-state index is 0.0198. The monoisotopic (exact) mass is 253 g/mol. The first-order valence-electron chi connectivity index (χ1n) is 5.57. The van der Waals surface area contributed by atoms with E-state index in [4.69, 9.17) is 0 Å². The Hall–Kier alpha value is -2.18. The van der Waals surface area contributed by atoms with E-state index in [1.54, 1.807) is 13.8 Å². The molecule has 0 spiro atoms. The van der Waals surface area contributed by atoms with Crippen LogP contribution in [-0.4, -0.2) is 26.5 Å². The van der Waals surface area contributed by atoms with E-state index < -0.39 is 16.4 Å². The standard InChI is InChI=1S/C11H15N3O4/c1-3-11(4-2,10(15)16)13-9-8(14(17)18)6-5-7-12-9/h5-7H,3-4H2,1-2H3,(H,12,13)(H,15,16). The predicted molar refractivity (Wildman–Crippen MR) is 65.5 cm³/mol. The Morgan fingerprint density at radius 2 is 2.17 bits per heavy atom. The van der Waals surface area contributed by atoms with Crippen LogP contribution in [0.15, 0.2) is 18.3 Å². The molecule has 1 rings (SSSR count). The predicted octanol–water partition coefficient (Wildman–Crippen LogP) is 2.05. The number of carbonyl (C=O) groups is 1. The zero-order valence-corrected chi connectivity index (χ0v) is 10.2. The van der Waals surface area contributed by atoms with Gasteiger partial charge in [0, 0.05) is 12.3 Å². The topological polar surface area (TPSA) is 105 Å². The summed E-state index contributed by atoms with van der Waals surface area (Å²) in [5.74, 6) is -1.07. The zero-order valence-electron chi connectivity index (χ0n) is 10.2. The number of hydrogen-bond acceptors (Lipinski definition) is 5. The normalized spacial score (nSPS) is 11.0. The van der Waals surface area contributed by atoms with Crippen molar-refractivity contribution in [2.24, 2.45) is 0 Å². The van der Waals surface area contributed by atoms with Crippen LogP contribution in [0.2, 0.25) is 0 Å². The molecule has 1 aromatic heterocycles. The van der Waals surface area contributed by atoms with Crippen molar-refractivity contribution in [1.29, 1.82) is 0 Å². The number of pyridine rings is 1. The Labute approximate surface area is 104 Å². The summed E-state index contributed by atoms with van der Waals surface area (Å²) in [7, 11) is 0. The highest BCUT2D eigenvalue weighted by Crippen LogP contribution is 2.27. The number of rotatable bonds is 6. The fourth-order valence-corrected chi connectivity index (χ4v) is 1.65. The van der Waals surface area contributed by atoms with Gasteiger partial charge in [-0.1, -0.05) is 13.8 Å². The molecule has 0 amide bonds. The van der Waals surface area contributed by atoms with E-state index in [9.17, 15) is 20.0 Å². The summed E-state index contributed by atoms with van der Waals surface area (Å²) in [4.78, 5) is 25.4. The van der Waals surface area contributed by atoms with Gasteiger partial charge < -0.3 is 10.4 Å². The van der Waals surface area contributed by atoms with Crippen molar-refractivity contribution in [3.63, 3.8) is 0 Å². The van der Waals surface area contributed by atoms with Crippen LogP contribution in [0.1, 0.15) is 26.7 Å². The summed E-state index contributed by atoms with van der Waals surface area (Å²) < 4.78 is 0. The van der Waals surface area contributed by atoms with Gasteiger partial charge in [0.05, 0.1) is 4.92 Å². The number of nitrogens with zero attached hydrogens (tertiary/aromatic N) is 2. The number of hydrogen-bond donors (Lipinski definition) is 2. The third-order valence-electron chi connectivity index (χ3n) is 2.96. The molecule has 0 unspecified atom stereocenters. The van der Waals surface area contributed by atoms with Crippen molar-refractivity contribution in [3.05, 3.63) is 28.4 Å². The van der Waals surface area contributed by atoms with Gasteiger partial charge in [0.1, 0.15) is 5.54 Å². The number of aromatic nitrogens is 1. The Balaban J connectivity index is 3.16. The van der Waals surface area contributed by atoms with E-state index in [1.807, 2.05) is 0 Å². The Morgan fingerprint density at radius 3 is 2.61 bits per heavy atom. The van der Waals surface area contributed by atoms with Gasteiger partial charge in [-0.3, -0.25) is 10.1 Å². The third-order valence-corrected chi connectivity index (χ3v) is 2.96. The zero-order chi connectivity index (χ0) is 13.8. The maximum absolute atomic E-state index is 11.3. The Kier molecular flexibility index (Phi) is 4.19. The molecule has 0 saturated heterocycles. The van der Waals surface area contributed by atoms with Crippen LogP contribution in [0.5, 0.6) is 0 Å². The van der Waals surface area contributed by atoms with Gasteiger partial charge in [0.25, 0.3) is 0 Å². The van der Waals surface area contributed by atoms with Crippen molar-refractivity contribution in [1.82, 2.24) is 4.98 Å². The average Bonchev–Trinajstić information content (AvgIpc) is 2.36. The summed E-state index contributed by atoms with van der Waals surface area (Å²) in [6.07, 6.45) is 1.98. The molecule has 98 valence electrons. The van der Waals surface area contributed by atoms with Gasteiger partial charge in [-0.2, -0.15) is 0 Å². The minimum Gasteiger partial charge on any atom is -0.480 e. The van der Waals surface area contributed by atoms with Crippen LogP contribution in [-0.2, 0) is 4.79 Å². The largest absolute Gasteiger partial charge is 0.480 e. The average molecular weight is 253 g/mol. The van der Waals surface area contributed by atoms with Crippen LogP contribution in [0.25, 0.3) is 0 Å². The lowest BCUT2D eigenvalue weighted by Gasteiger charge is -2.28. The Morgan fingerprint density at radius 1 is 1.56 bits per heavy atom. The molecule has 0 saturated carbocycles. The van der Waals surface area contributed by atoms with Gasteiger partial charge in [-0.25, -0.2) is 9.78 Å². The molecule has 0 aromatic carbocycles. The van der Waals surface area contributed by atoms with Crippen molar-refractivity contribution in [3.8, 4) is 0 Å². The summed E-state index contributed by atoms with van der Waals surface area (Å²) in [5, 5.41) is 22.8. The van der Waals surface area contributed by atoms with Crippen LogP contribution >= 0.6 is 0 Å². The number of carboxylic acid groups (broad SMARTS) is 1. The molecule has 1 aromatic rings. The third kappa shape index (κ3) is 2.55. The van der Waals surface area contributed by atoms with Crippen molar-refractivity contribution in [2.75, 3.05) is 5.32 Å². The molecule has 18 heavy (non-hydrogen) atoms. The molecule has 7 heteroatoms. The van der Waals surface area contributed by atoms with E-state index in [1.165, 1.54) is 18.3 Å². The molecular formula is C11H15N3O4. The SMILES string of the molecule is CCC(CC)(Nc1ncccc1[N+](=O)[O-])C(=O)O. The highest BCUT2D eigenvalue weighted by Gasteiger charge is 2.36. The van der Waals surface area contributed by atoms with E-state index in [-0.39, 0.29) is 11.5 Å². The maximum Gasteiger partial charge on any atom is 0.329 e. The molecule has 0 fully saturated rings. The quantitative estimate of drug-likeness (QED) is 0.593. The number of nitro groups is 1. The smallest absolute Gasteiger partial charge is 0.329 e. The first kappa shape index (κ1) is 13.9. The van der Waals surface area contributed by atoms with Gasteiger partial charge in [-0.15, -0.1) is 0 Å². The molecule has 0 aliphatic rings. The lowest BCUT2D eigenvalue weighted by Crippen LogP contribution is -2.45. The summed E-state index contributed by atoms with van der Waals surface area (Å²) in [6.45, 7) is 3.42. The van der Waals surface area contributed by atoms with E-state index in [0.717, 1.165) is 0 Å². The second kappa shape index (κ2) is 5.44. The molecule has 0 bridgehead atoms. The van der Waals surface area contributed by atoms with Gasteiger partial charge in [-0.05, 0) is 18.9 Å². The molecule has 0 radical (unpaired) electrons. The van der Waals surface area contributed by atoms with Crippen LogP contribution in [0.3, 0.4) is 0 Å². The van der Waals surface area contributed by atoms with Gasteiger partial charge in [0.2, 0.25) is 5.82 Å². The molecule has 2 N–H and O–H groups in total. The van der Waals surface area contributed by atoms with E-state index >= 15 is 0 Å². The van der Waals surface area contributed by atoms with Crippen molar-refractivity contribution >= 4 is 17.5 Å². The molecule has 0 aliphatic carbocycles. The number of nitrogens with one attached hydrogen (secondary N) is 1. The summed E-state index contributed by atoms with van der Waals surface area (Å²) in [6, 6.07) is 2.72. The summed E-state index contributed by atoms with van der Waals surface area (Å²) in [5.41, 5.74) is -1.47. The molecule has 1 heterocycles. The lowest BCUT2D eigenvalue weighted by atomic mass is 9.93. The highest BCUT2D eigenvalue weighted by atomic mass is 16.6. The number of anilines is 1. The maximum atomic E-state index is 11.3. The van der Waals surface area contributed by atoms with Crippen LogP contribution < -0.4 is 5.32 Å². The molecule has 0 aliphatic heterocycles. The first-order chi connectivity index (χ1) is 8.46. The van der Waals surface area contributed by atoms with Gasteiger partial charge >= 0.3 is 11.7 Å². The minimum atomic E-state index is -1.24. The van der Waals surface area contributed by atoms with Gasteiger partial charge in [0.15, 0.2) is 0 Å². The first-order valence-corrected chi connectivity index (χ1v) is 5.57. The van der Waals surface area contributed by atoms with Crippen LogP contribution in [0.4, 0.5) is 11.5 Å². The second-order valence-electron chi connectivity index (χ2n) is 3.85. The van der Waals surface area contributed by atoms with E-state index in [2.05, 4.69) is 10.3 Å². The molecule has 7 nitrogen and oxygen atoms in total. The molecule has 0 atom stereocenters.